The van der Waals surface area contributed by atoms with Gasteiger partial charge in [0.05, 0.1) is 13.3 Å². The highest BCUT2D eigenvalue weighted by Crippen LogP contribution is 2.28. The lowest BCUT2D eigenvalue weighted by Gasteiger charge is -2.11. The van der Waals surface area contributed by atoms with Gasteiger partial charge in [-0.15, -0.1) is 0 Å². The highest BCUT2D eigenvalue weighted by atomic mass is 35.5. The maximum atomic E-state index is 12.1. The molecule has 0 saturated carbocycles. The van der Waals surface area contributed by atoms with E-state index < -0.39 is 0 Å². The molecule has 0 spiro atoms. The fourth-order valence-electron chi connectivity index (χ4n) is 2.56. The second kappa shape index (κ2) is 9.75. The largest absolute Gasteiger partial charge is 0.493 e. The maximum absolute atomic E-state index is 12.1. The van der Waals surface area contributed by atoms with Crippen LogP contribution in [0.3, 0.4) is 0 Å². The molecule has 0 unspecified atom stereocenters. The first-order chi connectivity index (χ1) is 14.0. The summed E-state index contributed by atoms with van der Waals surface area (Å²) in [6, 6.07) is 20.2. The van der Waals surface area contributed by atoms with Crippen molar-refractivity contribution in [1.82, 2.24) is 5.43 Å². The Morgan fingerprint density at radius 3 is 2.45 bits per heavy atom. The van der Waals surface area contributed by atoms with E-state index in [1.807, 2.05) is 49.4 Å². The monoisotopic (exact) mass is 408 g/mol. The van der Waals surface area contributed by atoms with Crippen molar-refractivity contribution in [3.8, 4) is 11.5 Å². The zero-order valence-corrected chi connectivity index (χ0v) is 16.9. The van der Waals surface area contributed by atoms with E-state index >= 15 is 0 Å². The van der Waals surface area contributed by atoms with Crippen LogP contribution in [0.15, 0.2) is 71.8 Å². The van der Waals surface area contributed by atoms with E-state index in [1.54, 1.807) is 37.6 Å². The van der Waals surface area contributed by atoms with Crippen LogP contribution in [0.25, 0.3) is 0 Å². The van der Waals surface area contributed by atoms with Gasteiger partial charge >= 0.3 is 0 Å². The minimum absolute atomic E-state index is 0.267. The van der Waals surface area contributed by atoms with Crippen molar-refractivity contribution in [3.63, 3.8) is 0 Å². The lowest BCUT2D eigenvalue weighted by Crippen LogP contribution is -2.17. The highest BCUT2D eigenvalue weighted by Gasteiger charge is 2.07. The molecule has 0 radical (unpaired) electrons. The number of nitrogens with one attached hydrogen (secondary N) is 1. The van der Waals surface area contributed by atoms with Crippen LogP contribution in [-0.4, -0.2) is 19.2 Å². The lowest BCUT2D eigenvalue weighted by atomic mass is 10.1. The van der Waals surface area contributed by atoms with Crippen molar-refractivity contribution in [2.24, 2.45) is 5.10 Å². The molecule has 3 rings (SSSR count). The van der Waals surface area contributed by atoms with Crippen LogP contribution in [-0.2, 0) is 6.61 Å². The van der Waals surface area contributed by atoms with Gasteiger partial charge < -0.3 is 9.47 Å². The summed E-state index contributed by atoms with van der Waals surface area (Å²) in [7, 11) is 1.57. The van der Waals surface area contributed by atoms with Gasteiger partial charge in [0.25, 0.3) is 5.91 Å². The summed E-state index contributed by atoms with van der Waals surface area (Å²) in [4.78, 5) is 12.1. The SMILES string of the molecule is COc1cc(/C=N/NC(=O)c2ccc(C)cc2)ccc1OCc1ccc(Cl)cc1. The molecule has 29 heavy (non-hydrogen) atoms. The second-order valence-corrected chi connectivity index (χ2v) is 6.83. The first-order valence-electron chi connectivity index (χ1n) is 9.00. The van der Waals surface area contributed by atoms with Crippen molar-refractivity contribution >= 4 is 23.7 Å². The molecule has 5 nitrogen and oxygen atoms in total. The molecular weight excluding hydrogens is 388 g/mol. The number of aryl methyl sites for hydroxylation is 1. The number of nitrogens with zero attached hydrogens (tertiary/aromatic N) is 1. The summed E-state index contributed by atoms with van der Waals surface area (Å²) in [5, 5.41) is 4.70. The summed E-state index contributed by atoms with van der Waals surface area (Å²) in [5.41, 5.74) is 5.93. The Morgan fingerprint density at radius 1 is 1.03 bits per heavy atom. The molecule has 0 aliphatic carbocycles. The number of methoxy groups -OCH3 is 1. The van der Waals surface area contributed by atoms with E-state index in [9.17, 15) is 4.79 Å². The average molecular weight is 409 g/mol. The number of amides is 1. The number of carbonyl (C=O) groups excluding carboxylic acids is 1. The fourth-order valence-corrected chi connectivity index (χ4v) is 2.69. The molecule has 1 N–H and O–H groups in total. The average Bonchev–Trinajstić information content (AvgIpc) is 2.74. The van der Waals surface area contributed by atoms with Crippen LogP contribution in [0, 0.1) is 6.92 Å². The fraction of sp³-hybridized carbons (Fsp3) is 0.130. The number of carbonyl (C=O) groups is 1. The first-order valence-corrected chi connectivity index (χ1v) is 9.38. The maximum Gasteiger partial charge on any atom is 0.271 e. The number of hydrogen-bond donors (Lipinski definition) is 1. The predicted octanol–water partition coefficient (Wildman–Crippen LogP) is 5.00. The van der Waals surface area contributed by atoms with Gasteiger partial charge in [-0.3, -0.25) is 4.79 Å². The predicted molar refractivity (Wildman–Crippen MR) is 115 cm³/mol. The van der Waals surface area contributed by atoms with Crippen molar-refractivity contribution in [2.75, 3.05) is 7.11 Å². The van der Waals surface area contributed by atoms with Crippen LogP contribution in [0.5, 0.6) is 11.5 Å². The van der Waals surface area contributed by atoms with Gasteiger partial charge in [0.15, 0.2) is 11.5 Å². The normalized spacial score (nSPS) is 10.7. The van der Waals surface area contributed by atoms with Gasteiger partial charge in [-0.2, -0.15) is 5.10 Å². The third kappa shape index (κ3) is 5.83. The van der Waals surface area contributed by atoms with Crippen molar-refractivity contribution in [1.29, 1.82) is 0 Å². The Morgan fingerprint density at radius 2 is 1.76 bits per heavy atom. The summed E-state index contributed by atoms with van der Waals surface area (Å²) in [6.07, 6.45) is 1.55. The van der Waals surface area contributed by atoms with Crippen molar-refractivity contribution < 1.29 is 14.3 Å². The van der Waals surface area contributed by atoms with E-state index in [4.69, 9.17) is 21.1 Å². The minimum Gasteiger partial charge on any atom is -0.493 e. The highest BCUT2D eigenvalue weighted by molar-refractivity contribution is 6.30. The van der Waals surface area contributed by atoms with Crippen molar-refractivity contribution in [3.05, 3.63) is 94.0 Å². The Hall–Kier alpha value is -3.31. The number of ether oxygens (including phenoxy) is 2. The Labute approximate surface area is 174 Å². The molecule has 3 aromatic carbocycles. The number of rotatable bonds is 7. The van der Waals surface area contributed by atoms with E-state index in [1.165, 1.54) is 0 Å². The zero-order chi connectivity index (χ0) is 20.6. The van der Waals surface area contributed by atoms with E-state index in [-0.39, 0.29) is 5.91 Å². The van der Waals surface area contributed by atoms with Gasteiger partial charge in [-0.25, -0.2) is 5.43 Å². The molecule has 1 amide bonds. The van der Waals surface area contributed by atoms with Crippen LogP contribution in [0.1, 0.15) is 27.0 Å². The van der Waals surface area contributed by atoms with E-state index in [0.717, 1.165) is 16.7 Å². The number of halogens is 1. The van der Waals surface area contributed by atoms with Crippen LogP contribution >= 0.6 is 11.6 Å². The molecule has 148 valence electrons. The molecule has 0 heterocycles. The molecule has 0 bridgehead atoms. The Balaban J connectivity index is 1.61. The van der Waals surface area contributed by atoms with Gasteiger partial charge in [0, 0.05) is 10.6 Å². The smallest absolute Gasteiger partial charge is 0.271 e. The third-order valence-corrected chi connectivity index (χ3v) is 4.44. The molecule has 6 heteroatoms. The van der Waals surface area contributed by atoms with Crippen LogP contribution < -0.4 is 14.9 Å². The first kappa shape index (κ1) is 20.4. The Kier molecular flexibility index (Phi) is 6.87. The third-order valence-electron chi connectivity index (χ3n) is 4.19. The molecule has 0 saturated heterocycles. The zero-order valence-electron chi connectivity index (χ0n) is 16.2. The standard InChI is InChI=1S/C23H21ClN2O3/c1-16-3-8-19(9-4-16)23(27)26-25-14-18-7-12-21(22(13-18)28-2)29-15-17-5-10-20(24)11-6-17/h3-14H,15H2,1-2H3,(H,26,27)/b25-14+. The van der Waals surface area contributed by atoms with Gasteiger partial charge in [-0.1, -0.05) is 41.4 Å². The molecule has 0 fully saturated rings. The molecule has 0 atom stereocenters. The van der Waals surface area contributed by atoms with Gasteiger partial charge in [0.2, 0.25) is 0 Å². The quantitative estimate of drug-likeness (QED) is 0.442. The van der Waals surface area contributed by atoms with E-state index in [0.29, 0.717) is 28.7 Å². The topological polar surface area (TPSA) is 59.9 Å². The number of benzene rings is 3. The minimum atomic E-state index is -0.267. The van der Waals surface area contributed by atoms with E-state index in [2.05, 4.69) is 10.5 Å². The summed E-state index contributed by atoms with van der Waals surface area (Å²) < 4.78 is 11.2. The van der Waals surface area contributed by atoms with Gasteiger partial charge in [0.1, 0.15) is 6.61 Å². The summed E-state index contributed by atoms with van der Waals surface area (Å²) in [5.74, 6) is 0.923. The molecule has 3 aromatic rings. The van der Waals surface area contributed by atoms with Crippen molar-refractivity contribution in [2.45, 2.75) is 13.5 Å². The molecule has 0 aliphatic heterocycles. The molecule has 0 aromatic heterocycles. The summed E-state index contributed by atoms with van der Waals surface area (Å²) in [6.45, 7) is 2.36. The summed E-state index contributed by atoms with van der Waals surface area (Å²) >= 11 is 5.90. The number of hydrogen-bond acceptors (Lipinski definition) is 4. The number of hydrazone groups is 1. The molecule has 0 aliphatic rings. The molecular formula is C23H21ClN2O3. The lowest BCUT2D eigenvalue weighted by molar-refractivity contribution is 0.0955. The van der Waals surface area contributed by atoms with Crippen LogP contribution in [0.2, 0.25) is 5.02 Å². The second-order valence-electron chi connectivity index (χ2n) is 6.39. The van der Waals surface area contributed by atoms with Crippen LogP contribution in [0.4, 0.5) is 0 Å². The Bertz CT molecular complexity index is 1000. The van der Waals surface area contributed by atoms with Gasteiger partial charge in [-0.05, 0) is 60.5 Å².